The zero-order valence-corrected chi connectivity index (χ0v) is 15.7. The van der Waals surface area contributed by atoms with Crippen LogP contribution in [0.4, 0.5) is 0 Å². The van der Waals surface area contributed by atoms with Gasteiger partial charge in [0.25, 0.3) is 0 Å². The molecule has 1 saturated heterocycles. The third-order valence-corrected chi connectivity index (χ3v) is 5.40. The molecule has 1 N–H and O–H groups in total. The summed E-state index contributed by atoms with van der Waals surface area (Å²) >= 11 is 0. The number of nitrogens with zero attached hydrogens (tertiary/aromatic N) is 1. The van der Waals surface area contributed by atoms with E-state index in [1.54, 1.807) is 0 Å². The van der Waals surface area contributed by atoms with E-state index < -0.39 is 0 Å². The summed E-state index contributed by atoms with van der Waals surface area (Å²) in [5.41, 5.74) is 0.419. The summed E-state index contributed by atoms with van der Waals surface area (Å²) in [5.74, 6) is 2.54. The molecule has 22 heavy (non-hydrogen) atoms. The lowest BCUT2D eigenvalue weighted by Gasteiger charge is -2.40. The Hall–Kier alpha value is -0.280. The van der Waals surface area contributed by atoms with Crippen molar-refractivity contribution in [2.75, 3.05) is 26.7 Å². The molecule has 4 heteroatoms. The summed E-state index contributed by atoms with van der Waals surface area (Å²) in [6, 6.07) is 0. The van der Waals surface area contributed by atoms with Gasteiger partial charge in [-0.15, -0.1) is 12.4 Å². The molecule has 0 aromatic carbocycles. The van der Waals surface area contributed by atoms with E-state index in [9.17, 15) is 4.79 Å². The lowest BCUT2D eigenvalue weighted by atomic mass is 9.67. The topological polar surface area (TPSA) is 32.3 Å². The Kier molecular flexibility index (Phi) is 7.67. The lowest BCUT2D eigenvalue weighted by molar-refractivity contribution is -0.134. The minimum absolute atomic E-state index is 0. The van der Waals surface area contributed by atoms with Crippen LogP contribution in [0, 0.1) is 23.2 Å². The van der Waals surface area contributed by atoms with Crippen LogP contribution in [0.1, 0.15) is 59.3 Å². The molecule has 1 heterocycles. The van der Waals surface area contributed by atoms with Crippen LogP contribution in [0.15, 0.2) is 0 Å². The highest BCUT2D eigenvalue weighted by Crippen LogP contribution is 2.43. The van der Waals surface area contributed by atoms with Crippen LogP contribution in [-0.2, 0) is 4.79 Å². The summed E-state index contributed by atoms with van der Waals surface area (Å²) in [5, 5.41) is 3.26. The van der Waals surface area contributed by atoms with Crippen LogP contribution in [0.3, 0.4) is 0 Å². The van der Waals surface area contributed by atoms with Crippen LogP contribution in [0.5, 0.6) is 0 Å². The van der Waals surface area contributed by atoms with Gasteiger partial charge in [-0.3, -0.25) is 4.79 Å². The number of rotatable bonds is 4. The van der Waals surface area contributed by atoms with Gasteiger partial charge < -0.3 is 10.2 Å². The monoisotopic (exact) mass is 330 g/mol. The minimum Gasteiger partial charge on any atom is -0.343 e. The molecular formula is C18H35ClN2O. The third-order valence-electron chi connectivity index (χ3n) is 5.40. The van der Waals surface area contributed by atoms with Gasteiger partial charge in [-0.2, -0.15) is 0 Å². The second-order valence-corrected chi connectivity index (χ2v) is 8.37. The summed E-state index contributed by atoms with van der Waals surface area (Å²) in [4.78, 5) is 14.7. The second-order valence-electron chi connectivity index (χ2n) is 8.37. The molecule has 0 radical (unpaired) electrons. The standard InChI is InChI=1S/C18H34N2O.ClH/c1-14-9-16(12-18(2,3)11-14)10-17(21)20-7-5-15(6-8-20)13-19-4;/h14-16,19H,5-13H2,1-4H3;1H. The van der Waals surface area contributed by atoms with E-state index in [4.69, 9.17) is 0 Å². The number of halogens is 1. The lowest BCUT2D eigenvalue weighted by Crippen LogP contribution is -2.41. The number of piperidine rings is 1. The van der Waals surface area contributed by atoms with Crippen molar-refractivity contribution in [3.63, 3.8) is 0 Å². The van der Waals surface area contributed by atoms with E-state index in [0.717, 1.165) is 37.9 Å². The number of amides is 1. The highest BCUT2D eigenvalue weighted by atomic mass is 35.5. The summed E-state index contributed by atoms with van der Waals surface area (Å²) in [6.07, 6.45) is 6.89. The Labute approximate surface area is 143 Å². The van der Waals surface area contributed by atoms with Crippen molar-refractivity contribution >= 4 is 18.3 Å². The predicted octanol–water partition coefficient (Wildman–Crippen LogP) is 3.72. The van der Waals surface area contributed by atoms with E-state index in [-0.39, 0.29) is 12.4 Å². The van der Waals surface area contributed by atoms with Crippen LogP contribution < -0.4 is 5.32 Å². The van der Waals surface area contributed by atoms with Gasteiger partial charge in [-0.1, -0.05) is 20.8 Å². The summed E-state index contributed by atoms with van der Waals surface area (Å²) in [7, 11) is 2.02. The molecule has 2 unspecified atom stereocenters. The molecule has 1 aliphatic heterocycles. The van der Waals surface area contributed by atoms with Crippen molar-refractivity contribution < 1.29 is 4.79 Å². The van der Waals surface area contributed by atoms with E-state index in [1.807, 2.05) is 7.05 Å². The average Bonchev–Trinajstić information content (AvgIpc) is 2.37. The molecule has 2 aliphatic rings. The van der Waals surface area contributed by atoms with Crippen molar-refractivity contribution in [2.45, 2.75) is 59.3 Å². The molecule has 0 spiro atoms. The maximum absolute atomic E-state index is 12.6. The maximum atomic E-state index is 12.6. The molecule has 3 nitrogen and oxygen atoms in total. The van der Waals surface area contributed by atoms with E-state index in [0.29, 0.717) is 17.2 Å². The predicted molar refractivity (Wildman–Crippen MR) is 95.4 cm³/mol. The first-order chi connectivity index (χ1) is 9.89. The fraction of sp³-hybridized carbons (Fsp3) is 0.944. The van der Waals surface area contributed by atoms with Crippen LogP contribution >= 0.6 is 12.4 Å². The van der Waals surface area contributed by atoms with E-state index in [1.165, 1.54) is 32.1 Å². The highest BCUT2D eigenvalue weighted by Gasteiger charge is 2.34. The molecular weight excluding hydrogens is 296 g/mol. The smallest absolute Gasteiger partial charge is 0.222 e. The Bertz CT molecular complexity index is 351. The van der Waals surface area contributed by atoms with Crippen molar-refractivity contribution in [1.29, 1.82) is 0 Å². The zero-order chi connectivity index (χ0) is 15.5. The van der Waals surface area contributed by atoms with Gasteiger partial charge in [0.1, 0.15) is 0 Å². The average molecular weight is 331 g/mol. The molecule has 0 aromatic rings. The highest BCUT2D eigenvalue weighted by molar-refractivity contribution is 5.85. The van der Waals surface area contributed by atoms with Gasteiger partial charge in [0.15, 0.2) is 0 Å². The van der Waals surface area contributed by atoms with Crippen molar-refractivity contribution in [1.82, 2.24) is 10.2 Å². The van der Waals surface area contributed by atoms with E-state index in [2.05, 4.69) is 31.0 Å². The molecule has 1 amide bonds. The van der Waals surface area contributed by atoms with Crippen molar-refractivity contribution in [3.05, 3.63) is 0 Å². The number of likely N-dealkylation sites (tertiary alicyclic amines) is 1. The fourth-order valence-electron chi connectivity index (χ4n) is 4.75. The van der Waals surface area contributed by atoms with Gasteiger partial charge in [0, 0.05) is 19.5 Å². The Balaban J connectivity index is 0.00000242. The van der Waals surface area contributed by atoms with Crippen molar-refractivity contribution in [2.24, 2.45) is 23.2 Å². The number of nitrogens with one attached hydrogen (secondary N) is 1. The second kappa shape index (κ2) is 8.54. The fourth-order valence-corrected chi connectivity index (χ4v) is 4.75. The molecule has 2 atom stereocenters. The molecule has 130 valence electrons. The number of hydrogen-bond acceptors (Lipinski definition) is 2. The Morgan fingerprint density at radius 3 is 2.36 bits per heavy atom. The molecule has 0 aromatic heterocycles. The minimum atomic E-state index is 0. The first kappa shape index (κ1) is 19.8. The molecule has 2 fully saturated rings. The molecule has 1 saturated carbocycles. The summed E-state index contributed by atoms with van der Waals surface area (Å²) < 4.78 is 0. The first-order valence-electron chi connectivity index (χ1n) is 8.82. The van der Waals surface area contributed by atoms with Crippen LogP contribution in [-0.4, -0.2) is 37.5 Å². The van der Waals surface area contributed by atoms with Crippen LogP contribution in [0.25, 0.3) is 0 Å². The number of carbonyl (C=O) groups excluding carboxylic acids is 1. The van der Waals surface area contributed by atoms with Gasteiger partial charge >= 0.3 is 0 Å². The number of carbonyl (C=O) groups is 1. The third kappa shape index (κ3) is 5.73. The van der Waals surface area contributed by atoms with Crippen LogP contribution in [0.2, 0.25) is 0 Å². The molecule has 2 rings (SSSR count). The summed E-state index contributed by atoms with van der Waals surface area (Å²) in [6.45, 7) is 10.1. The normalized spacial score (nSPS) is 29.0. The molecule has 0 bridgehead atoms. The Morgan fingerprint density at radius 2 is 1.82 bits per heavy atom. The largest absolute Gasteiger partial charge is 0.343 e. The van der Waals surface area contributed by atoms with Gasteiger partial charge in [-0.25, -0.2) is 0 Å². The zero-order valence-electron chi connectivity index (χ0n) is 14.9. The Morgan fingerprint density at radius 1 is 1.18 bits per heavy atom. The number of hydrogen-bond donors (Lipinski definition) is 1. The van der Waals surface area contributed by atoms with E-state index >= 15 is 0 Å². The molecule has 1 aliphatic carbocycles. The van der Waals surface area contributed by atoms with Crippen molar-refractivity contribution in [3.8, 4) is 0 Å². The quantitative estimate of drug-likeness (QED) is 0.852. The van der Waals surface area contributed by atoms with Gasteiger partial charge in [0.05, 0.1) is 0 Å². The van der Waals surface area contributed by atoms with Gasteiger partial charge in [0.2, 0.25) is 5.91 Å². The SMILES string of the molecule is CNCC1CCN(C(=O)CC2CC(C)CC(C)(C)C2)CC1.Cl. The first-order valence-corrected chi connectivity index (χ1v) is 8.82. The maximum Gasteiger partial charge on any atom is 0.222 e. The van der Waals surface area contributed by atoms with Gasteiger partial charge in [-0.05, 0) is 68.9 Å².